The van der Waals surface area contributed by atoms with Crippen LogP contribution in [-0.2, 0) is 0 Å². The van der Waals surface area contributed by atoms with Gasteiger partial charge in [0.05, 0.1) is 6.10 Å². The van der Waals surface area contributed by atoms with Crippen LogP contribution in [0.4, 0.5) is 0 Å². The third kappa shape index (κ3) is 5.34. The van der Waals surface area contributed by atoms with Crippen molar-refractivity contribution in [3.8, 4) is 5.75 Å². The number of hydrogen-bond acceptors (Lipinski definition) is 3. The molecule has 1 aliphatic rings. The predicted octanol–water partition coefficient (Wildman–Crippen LogP) is 3.15. The van der Waals surface area contributed by atoms with E-state index in [0.717, 1.165) is 18.6 Å². The van der Waals surface area contributed by atoms with Gasteiger partial charge in [-0.15, -0.1) is 0 Å². The Bertz CT molecular complexity index is 452. The molecule has 0 bridgehead atoms. The summed E-state index contributed by atoms with van der Waals surface area (Å²) in [5, 5.41) is 11.8. The van der Waals surface area contributed by atoms with Gasteiger partial charge >= 0.3 is 0 Å². The number of hydrogen-bond donors (Lipinski definition) is 2. The second kappa shape index (κ2) is 8.79. The van der Waals surface area contributed by atoms with Crippen molar-refractivity contribution in [3.05, 3.63) is 29.8 Å². The van der Waals surface area contributed by atoms with E-state index < -0.39 is 0 Å². The molecule has 1 amide bonds. The van der Waals surface area contributed by atoms with Gasteiger partial charge in [0.1, 0.15) is 5.75 Å². The Labute approximate surface area is 132 Å². The highest BCUT2D eigenvalue weighted by atomic mass is 16.5. The van der Waals surface area contributed by atoms with Crippen LogP contribution in [0, 0.1) is 5.92 Å². The van der Waals surface area contributed by atoms with Gasteiger partial charge in [0, 0.05) is 18.7 Å². The zero-order valence-electron chi connectivity index (χ0n) is 13.4. The fourth-order valence-electron chi connectivity index (χ4n) is 2.75. The van der Waals surface area contributed by atoms with Gasteiger partial charge in [-0.1, -0.05) is 13.3 Å². The molecule has 22 heavy (non-hydrogen) atoms. The molecular weight excluding hydrogens is 278 g/mol. The Morgan fingerprint density at radius 1 is 1.27 bits per heavy atom. The second-order valence-corrected chi connectivity index (χ2v) is 6.23. The normalized spacial score (nSPS) is 17.0. The van der Waals surface area contributed by atoms with Crippen molar-refractivity contribution in [2.75, 3.05) is 13.2 Å². The van der Waals surface area contributed by atoms with Crippen molar-refractivity contribution in [2.45, 2.75) is 51.6 Å². The average Bonchev–Trinajstić information content (AvgIpc) is 2.54. The van der Waals surface area contributed by atoms with Crippen molar-refractivity contribution in [2.24, 2.45) is 5.92 Å². The summed E-state index contributed by atoms with van der Waals surface area (Å²) in [6.07, 6.45) is 7.10. The quantitative estimate of drug-likeness (QED) is 0.813. The van der Waals surface area contributed by atoms with E-state index in [1.807, 2.05) is 31.2 Å². The third-order valence-corrected chi connectivity index (χ3v) is 4.20. The van der Waals surface area contributed by atoms with E-state index in [1.54, 1.807) is 0 Å². The summed E-state index contributed by atoms with van der Waals surface area (Å²) in [6.45, 7) is 2.75. The van der Waals surface area contributed by atoms with E-state index in [4.69, 9.17) is 9.84 Å². The first-order chi connectivity index (χ1) is 10.7. The minimum absolute atomic E-state index is 0.0750. The van der Waals surface area contributed by atoms with E-state index in [9.17, 15) is 4.79 Å². The zero-order chi connectivity index (χ0) is 15.8. The lowest BCUT2D eigenvalue weighted by Crippen LogP contribution is -2.28. The molecule has 1 aromatic rings. The lowest BCUT2D eigenvalue weighted by molar-refractivity contribution is 0.0945. The number of nitrogens with one attached hydrogen (secondary N) is 1. The standard InChI is InChI=1S/C18H27NO3/c1-14(11-12-20)13-19-18(21)15-7-9-17(10-8-15)22-16-5-3-2-4-6-16/h7-10,14,16,20H,2-6,11-13H2,1H3,(H,19,21). The number of benzene rings is 1. The predicted molar refractivity (Wildman–Crippen MR) is 87.1 cm³/mol. The molecule has 4 heteroatoms. The molecule has 0 spiro atoms. The molecule has 122 valence electrons. The molecule has 1 atom stereocenters. The highest BCUT2D eigenvalue weighted by Crippen LogP contribution is 2.23. The van der Waals surface area contributed by atoms with Crippen LogP contribution < -0.4 is 10.1 Å². The van der Waals surface area contributed by atoms with Crippen molar-refractivity contribution < 1.29 is 14.6 Å². The Balaban J connectivity index is 1.81. The van der Waals surface area contributed by atoms with Gasteiger partial charge in [-0.05, 0) is 62.3 Å². The van der Waals surface area contributed by atoms with Crippen LogP contribution in [0.2, 0.25) is 0 Å². The van der Waals surface area contributed by atoms with Gasteiger partial charge in [0.15, 0.2) is 0 Å². The minimum Gasteiger partial charge on any atom is -0.490 e. The summed E-state index contributed by atoms with van der Waals surface area (Å²) in [4.78, 5) is 12.0. The summed E-state index contributed by atoms with van der Waals surface area (Å²) in [7, 11) is 0. The van der Waals surface area contributed by atoms with Crippen LogP contribution in [-0.4, -0.2) is 30.3 Å². The summed E-state index contributed by atoms with van der Waals surface area (Å²) >= 11 is 0. The molecule has 1 aliphatic carbocycles. The number of carbonyl (C=O) groups is 1. The van der Waals surface area contributed by atoms with Crippen LogP contribution in [0.25, 0.3) is 0 Å². The number of aliphatic hydroxyl groups is 1. The minimum atomic E-state index is -0.0750. The van der Waals surface area contributed by atoms with Gasteiger partial charge in [-0.25, -0.2) is 0 Å². The van der Waals surface area contributed by atoms with Gasteiger partial charge in [0.2, 0.25) is 0 Å². The summed E-state index contributed by atoms with van der Waals surface area (Å²) in [5.74, 6) is 1.05. The Morgan fingerprint density at radius 3 is 2.59 bits per heavy atom. The van der Waals surface area contributed by atoms with Crippen LogP contribution in [0.5, 0.6) is 5.75 Å². The van der Waals surface area contributed by atoms with Crippen LogP contribution >= 0.6 is 0 Å². The summed E-state index contributed by atoms with van der Waals surface area (Å²) in [5.41, 5.74) is 0.646. The van der Waals surface area contributed by atoms with Crippen molar-refractivity contribution in [1.29, 1.82) is 0 Å². The smallest absolute Gasteiger partial charge is 0.251 e. The molecule has 0 aromatic heterocycles. The molecule has 1 unspecified atom stereocenters. The zero-order valence-corrected chi connectivity index (χ0v) is 13.4. The van der Waals surface area contributed by atoms with Crippen LogP contribution in [0.1, 0.15) is 55.8 Å². The molecule has 4 nitrogen and oxygen atoms in total. The fraction of sp³-hybridized carbons (Fsp3) is 0.611. The topological polar surface area (TPSA) is 58.6 Å². The van der Waals surface area contributed by atoms with Gasteiger partial charge in [-0.3, -0.25) is 4.79 Å². The number of carbonyl (C=O) groups excluding carboxylic acids is 1. The van der Waals surface area contributed by atoms with Crippen LogP contribution in [0.15, 0.2) is 24.3 Å². The van der Waals surface area contributed by atoms with Crippen molar-refractivity contribution in [1.82, 2.24) is 5.32 Å². The molecule has 0 aliphatic heterocycles. The molecular formula is C18H27NO3. The van der Waals surface area contributed by atoms with E-state index in [2.05, 4.69) is 5.32 Å². The second-order valence-electron chi connectivity index (χ2n) is 6.23. The number of amides is 1. The number of rotatable bonds is 7. The van der Waals surface area contributed by atoms with E-state index in [1.165, 1.54) is 19.3 Å². The van der Waals surface area contributed by atoms with Gasteiger partial charge in [-0.2, -0.15) is 0 Å². The van der Waals surface area contributed by atoms with E-state index in [-0.39, 0.29) is 18.4 Å². The molecule has 2 rings (SSSR count). The van der Waals surface area contributed by atoms with Crippen LogP contribution in [0.3, 0.4) is 0 Å². The largest absolute Gasteiger partial charge is 0.490 e. The fourth-order valence-corrected chi connectivity index (χ4v) is 2.75. The lowest BCUT2D eigenvalue weighted by Gasteiger charge is -2.23. The number of ether oxygens (including phenoxy) is 1. The molecule has 0 saturated heterocycles. The first-order valence-electron chi connectivity index (χ1n) is 8.35. The SMILES string of the molecule is CC(CCO)CNC(=O)c1ccc(OC2CCCCC2)cc1. The summed E-state index contributed by atoms with van der Waals surface area (Å²) in [6, 6.07) is 7.37. The van der Waals surface area contributed by atoms with Gasteiger partial charge in [0.25, 0.3) is 5.91 Å². The first kappa shape index (κ1) is 16.8. The summed E-state index contributed by atoms with van der Waals surface area (Å²) < 4.78 is 5.96. The lowest BCUT2D eigenvalue weighted by atomic mass is 9.98. The average molecular weight is 305 g/mol. The molecule has 0 heterocycles. The maximum absolute atomic E-state index is 12.0. The molecule has 1 fully saturated rings. The first-order valence-corrected chi connectivity index (χ1v) is 8.35. The van der Waals surface area contributed by atoms with Crippen molar-refractivity contribution >= 4 is 5.91 Å². The maximum Gasteiger partial charge on any atom is 0.251 e. The van der Waals surface area contributed by atoms with E-state index >= 15 is 0 Å². The number of aliphatic hydroxyl groups excluding tert-OH is 1. The monoisotopic (exact) mass is 305 g/mol. The highest BCUT2D eigenvalue weighted by Gasteiger charge is 2.15. The molecule has 1 saturated carbocycles. The highest BCUT2D eigenvalue weighted by molar-refractivity contribution is 5.94. The van der Waals surface area contributed by atoms with E-state index in [0.29, 0.717) is 24.6 Å². The Hall–Kier alpha value is -1.55. The Kier molecular flexibility index (Phi) is 6.72. The molecule has 0 radical (unpaired) electrons. The third-order valence-electron chi connectivity index (χ3n) is 4.20. The maximum atomic E-state index is 12.0. The molecule has 1 aromatic carbocycles. The van der Waals surface area contributed by atoms with Crippen molar-refractivity contribution in [3.63, 3.8) is 0 Å². The molecule has 2 N–H and O–H groups in total. The van der Waals surface area contributed by atoms with Gasteiger partial charge < -0.3 is 15.2 Å². The Morgan fingerprint density at radius 2 is 1.95 bits per heavy atom.